The summed E-state index contributed by atoms with van der Waals surface area (Å²) < 4.78 is 0. The van der Waals surface area contributed by atoms with Crippen molar-refractivity contribution in [1.29, 1.82) is 5.26 Å². The van der Waals surface area contributed by atoms with Crippen LogP contribution in [-0.2, 0) is 17.6 Å². The largest absolute Gasteiger partial charge is 0.344 e. The first-order valence-electron chi connectivity index (χ1n) is 10.9. The summed E-state index contributed by atoms with van der Waals surface area (Å²) in [7, 11) is 0. The monoisotopic (exact) mass is 389 g/mol. The minimum atomic E-state index is -0.0889. The Balaban J connectivity index is 1.38. The molecular formula is C23H27N5O. The summed E-state index contributed by atoms with van der Waals surface area (Å²) in [6, 6.07) is 9.63. The molecular weight excluding hydrogens is 362 g/mol. The molecule has 0 bridgehead atoms. The van der Waals surface area contributed by atoms with Gasteiger partial charge >= 0.3 is 0 Å². The summed E-state index contributed by atoms with van der Waals surface area (Å²) >= 11 is 0. The van der Waals surface area contributed by atoms with E-state index in [4.69, 9.17) is 10.2 Å². The van der Waals surface area contributed by atoms with E-state index in [0.717, 1.165) is 63.1 Å². The third kappa shape index (κ3) is 3.34. The maximum atomic E-state index is 13.4. The van der Waals surface area contributed by atoms with Crippen molar-refractivity contribution in [2.75, 3.05) is 18.0 Å². The molecule has 1 amide bonds. The Hall–Kier alpha value is -2.65. The standard InChI is InChI=1S/C23H27N5O/c24-15-16-9-11-17(12-10-16)27-13-4-8-21(23(27)29)28-14-3-7-20(28)22-25-18-5-1-2-6-19(18)26-22/h9-12,20-21H,1-8,13-14H2,(H,25,26). The quantitative estimate of drug-likeness (QED) is 0.872. The number of carbonyl (C=O) groups excluding carboxylic acids is 1. The van der Waals surface area contributed by atoms with E-state index in [0.29, 0.717) is 5.56 Å². The Bertz CT molecular complexity index is 918. The van der Waals surface area contributed by atoms with E-state index in [1.807, 2.05) is 17.0 Å². The summed E-state index contributed by atoms with van der Waals surface area (Å²) in [6.45, 7) is 1.70. The third-order valence-electron chi connectivity index (χ3n) is 6.70. The van der Waals surface area contributed by atoms with E-state index in [2.05, 4.69) is 16.0 Å². The number of anilines is 1. The van der Waals surface area contributed by atoms with E-state index in [-0.39, 0.29) is 18.0 Å². The van der Waals surface area contributed by atoms with Crippen molar-refractivity contribution in [3.05, 3.63) is 47.0 Å². The maximum Gasteiger partial charge on any atom is 0.244 e. The SMILES string of the molecule is N#Cc1ccc(N2CCCC(N3CCCC3c3nc4c([nH]3)CCCC4)C2=O)cc1. The number of rotatable bonds is 3. The zero-order chi connectivity index (χ0) is 19.8. The average Bonchev–Trinajstić information content (AvgIpc) is 3.41. The van der Waals surface area contributed by atoms with Crippen LogP contribution in [0.15, 0.2) is 24.3 Å². The van der Waals surface area contributed by atoms with Gasteiger partial charge in [-0.25, -0.2) is 4.98 Å². The van der Waals surface area contributed by atoms with Crippen LogP contribution >= 0.6 is 0 Å². The van der Waals surface area contributed by atoms with E-state index >= 15 is 0 Å². The van der Waals surface area contributed by atoms with E-state index in [1.165, 1.54) is 24.2 Å². The predicted molar refractivity (Wildman–Crippen MR) is 110 cm³/mol. The molecule has 1 aliphatic carbocycles. The van der Waals surface area contributed by atoms with Crippen molar-refractivity contribution in [1.82, 2.24) is 14.9 Å². The Morgan fingerprint density at radius 2 is 1.76 bits per heavy atom. The highest BCUT2D eigenvalue weighted by atomic mass is 16.2. The number of imidazole rings is 1. The minimum Gasteiger partial charge on any atom is -0.344 e. The lowest BCUT2D eigenvalue weighted by Crippen LogP contribution is -2.52. The topological polar surface area (TPSA) is 76.0 Å². The molecule has 1 N–H and O–H groups in total. The van der Waals surface area contributed by atoms with Gasteiger partial charge in [0.2, 0.25) is 5.91 Å². The number of hydrogen-bond donors (Lipinski definition) is 1. The van der Waals surface area contributed by atoms with Gasteiger partial charge in [0.1, 0.15) is 5.82 Å². The number of aromatic nitrogens is 2. The number of piperidine rings is 1. The molecule has 2 saturated heterocycles. The van der Waals surface area contributed by atoms with Crippen molar-refractivity contribution >= 4 is 11.6 Å². The molecule has 0 radical (unpaired) electrons. The van der Waals surface area contributed by atoms with Crippen LogP contribution in [0.3, 0.4) is 0 Å². The number of nitrogens with zero attached hydrogens (tertiary/aromatic N) is 4. The first-order chi connectivity index (χ1) is 14.2. The van der Waals surface area contributed by atoms with Crippen LogP contribution in [0.4, 0.5) is 5.69 Å². The molecule has 3 aliphatic rings. The average molecular weight is 390 g/mol. The number of likely N-dealkylation sites (tertiary alicyclic amines) is 1. The number of nitrogens with one attached hydrogen (secondary N) is 1. The predicted octanol–water partition coefficient (Wildman–Crippen LogP) is 3.49. The summed E-state index contributed by atoms with van der Waals surface area (Å²) in [6.07, 6.45) is 8.72. The molecule has 3 heterocycles. The minimum absolute atomic E-state index is 0.0889. The molecule has 6 nitrogen and oxygen atoms in total. The van der Waals surface area contributed by atoms with Gasteiger partial charge in [-0.2, -0.15) is 5.26 Å². The molecule has 150 valence electrons. The smallest absolute Gasteiger partial charge is 0.244 e. The van der Waals surface area contributed by atoms with Gasteiger partial charge in [0.25, 0.3) is 0 Å². The Morgan fingerprint density at radius 3 is 2.55 bits per heavy atom. The number of H-pyrrole nitrogens is 1. The number of carbonyl (C=O) groups is 1. The summed E-state index contributed by atoms with van der Waals surface area (Å²) in [5.41, 5.74) is 4.07. The molecule has 2 fully saturated rings. The molecule has 2 unspecified atom stereocenters. The van der Waals surface area contributed by atoms with Gasteiger partial charge in [0.05, 0.1) is 29.4 Å². The first-order valence-corrected chi connectivity index (χ1v) is 10.9. The molecule has 2 atom stereocenters. The van der Waals surface area contributed by atoms with Crippen LogP contribution in [0.1, 0.15) is 67.3 Å². The van der Waals surface area contributed by atoms with Gasteiger partial charge in [0.15, 0.2) is 0 Å². The van der Waals surface area contributed by atoms with Gasteiger partial charge in [0, 0.05) is 17.9 Å². The normalized spacial score (nSPS) is 25.1. The highest BCUT2D eigenvalue weighted by molar-refractivity contribution is 5.98. The summed E-state index contributed by atoms with van der Waals surface area (Å²) in [5.74, 6) is 1.25. The number of hydrogen-bond acceptors (Lipinski definition) is 4. The van der Waals surface area contributed by atoms with E-state index in [9.17, 15) is 4.79 Å². The summed E-state index contributed by atoms with van der Waals surface area (Å²) in [4.78, 5) is 26.3. The highest BCUT2D eigenvalue weighted by Crippen LogP contribution is 2.37. The van der Waals surface area contributed by atoms with Crippen LogP contribution in [0.5, 0.6) is 0 Å². The number of fused-ring (bicyclic) bond motifs is 1. The second kappa shape index (κ2) is 7.64. The van der Waals surface area contributed by atoms with Gasteiger partial charge in [-0.3, -0.25) is 9.69 Å². The lowest BCUT2D eigenvalue weighted by Gasteiger charge is -2.39. The van der Waals surface area contributed by atoms with Crippen LogP contribution in [0.25, 0.3) is 0 Å². The van der Waals surface area contributed by atoms with Crippen LogP contribution in [0, 0.1) is 11.3 Å². The number of nitriles is 1. The zero-order valence-corrected chi connectivity index (χ0v) is 16.7. The van der Waals surface area contributed by atoms with Gasteiger partial charge in [-0.05, 0) is 82.2 Å². The van der Waals surface area contributed by atoms with E-state index in [1.54, 1.807) is 12.1 Å². The highest BCUT2D eigenvalue weighted by Gasteiger charge is 2.41. The van der Waals surface area contributed by atoms with Gasteiger partial charge in [-0.1, -0.05) is 0 Å². The maximum absolute atomic E-state index is 13.4. The number of aryl methyl sites for hydroxylation is 2. The number of amides is 1. The fourth-order valence-electron chi connectivity index (χ4n) is 5.23. The molecule has 5 rings (SSSR count). The second-order valence-electron chi connectivity index (χ2n) is 8.46. The molecule has 0 saturated carbocycles. The summed E-state index contributed by atoms with van der Waals surface area (Å²) in [5, 5.41) is 9.03. The molecule has 2 aromatic rings. The Labute approximate surface area is 171 Å². The number of benzene rings is 1. The van der Waals surface area contributed by atoms with Crippen LogP contribution in [-0.4, -0.2) is 39.9 Å². The molecule has 1 aromatic carbocycles. The fourth-order valence-corrected chi connectivity index (χ4v) is 5.23. The van der Waals surface area contributed by atoms with Gasteiger partial charge in [-0.15, -0.1) is 0 Å². The van der Waals surface area contributed by atoms with Crippen molar-refractivity contribution in [3.8, 4) is 6.07 Å². The van der Waals surface area contributed by atoms with Crippen molar-refractivity contribution in [3.63, 3.8) is 0 Å². The lowest BCUT2D eigenvalue weighted by atomic mass is 10.0. The van der Waals surface area contributed by atoms with Crippen LogP contribution < -0.4 is 4.90 Å². The van der Waals surface area contributed by atoms with Crippen molar-refractivity contribution < 1.29 is 4.79 Å². The molecule has 0 spiro atoms. The molecule has 1 aromatic heterocycles. The molecule has 2 aliphatic heterocycles. The molecule has 29 heavy (non-hydrogen) atoms. The second-order valence-corrected chi connectivity index (χ2v) is 8.46. The van der Waals surface area contributed by atoms with Gasteiger partial charge < -0.3 is 9.88 Å². The van der Waals surface area contributed by atoms with Crippen molar-refractivity contribution in [2.24, 2.45) is 0 Å². The number of aromatic amines is 1. The Kier molecular flexibility index (Phi) is 4.84. The lowest BCUT2D eigenvalue weighted by molar-refractivity contribution is -0.125. The third-order valence-corrected chi connectivity index (χ3v) is 6.70. The zero-order valence-electron chi connectivity index (χ0n) is 16.7. The first kappa shape index (κ1) is 18.4. The van der Waals surface area contributed by atoms with E-state index < -0.39 is 0 Å². The van der Waals surface area contributed by atoms with Crippen LogP contribution in [0.2, 0.25) is 0 Å². The van der Waals surface area contributed by atoms with Crippen molar-refractivity contribution in [2.45, 2.75) is 63.5 Å². The Morgan fingerprint density at radius 1 is 1.00 bits per heavy atom. The fraction of sp³-hybridized carbons (Fsp3) is 0.522. The molecule has 6 heteroatoms.